The minimum absolute atomic E-state index is 0.0131. The number of hydrogen-bond donors (Lipinski definition) is 3. The third-order valence-electron chi connectivity index (χ3n) is 4.35. The van der Waals surface area contributed by atoms with Crippen molar-refractivity contribution in [3.63, 3.8) is 0 Å². The Morgan fingerprint density at radius 1 is 1.08 bits per heavy atom. The van der Waals surface area contributed by atoms with E-state index in [1.807, 2.05) is 45.9 Å². The van der Waals surface area contributed by atoms with Crippen molar-refractivity contribution in [2.45, 2.75) is 39.8 Å². The number of carbonyl (C=O) groups is 2. The summed E-state index contributed by atoms with van der Waals surface area (Å²) in [4.78, 5) is 24.2. The summed E-state index contributed by atoms with van der Waals surface area (Å²) in [5.41, 5.74) is 6.72. The van der Waals surface area contributed by atoms with Crippen molar-refractivity contribution >= 4 is 11.8 Å². The zero-order valence-corrected chi connectivity index (χ0v) is 15.9. The standard InChI is InChI=1S/C19H29N3O4/c1-11(2)17(20)19(24)21-10-16(23)22-18(12(3)4)13-5-6-14-15(9-13)26-8-7-25-14/h5-6,9,11-12,17-18H,7-8,10,20H2,1-4H3,(H,21,24)(H,22,23)/t17-,18?/m0/s1. The predicted octanol–water partition coefficient (Wildman–Crippen LogP) is 1.37. The third-order valence-corrected chi connectivity index (χ3v) is 4.35. The SMILES string of the molecule is CC(C)C(NC(=O)CNC(=O)[C@@H](N)C(C)C)c1ccc2c(c1)OCCO2. The van der Waals surface area contributed by atoms with Gasteiger partial charge in [0.25, 0.3) is 0 Å². The normalized spacial score (nSPS) is 15.5. The molecular formula is C19H29N3O4. The summed E-state index contributed by atoms with van der Waals surface area (Å²) in [5.74, 6) is 0.987. The fourth-order valence-electron chi connectivity index (χ4n) is 2.70. The van der Waals surface area contributed by atoms with Gasteiger partial charge in [0.2, 0.25) is 11.8 Å². The monoisotopic (exact) mass is 363 g/mol. The number of nitrogens with two attached hydrogens (primary N) is 1. The highest BCUT2D eigenvalue weighted by molar-refractivity contribution is 5.87. The molecule has 0 fully saturated rings. The highest BCUT2D eigenvalue weighted by atomic mass is 16.6. The molecule has 0 bridgehead atoms. The topological polar surface area (TPSA) is 103 Å². The molecule has 0 spiro atoms. The maximum absolute atomic E-state index is 12.3. The summed E-state index contributed by atoms with van der Waals surface area (Å²) < 4.78 is 11.2. The van der Waals surface area contributed by atoms with Crippen LogP contribution in [0, 0.1) is 11.8 Å². The molecule has 26 heavy (non-hydrogen) atoms. The highest BCUT2D eigenvalue weighted by Crippen LogP contribution is 2.34. The van der Waals surface area contributed by atoms with Crippen LogP contribution in [0.3, 0.4) is 0 Å². The van der Waals surface area contributed by atoms with Crippen LogP contribution in [0.5, 0.6) is 11.5 Å². The van der Waals surface area contributed by atoms with Crippen molar-refractivity contribution in [2.75, 3.05) is 19.8 Å². The number of carbonyl (C=O) groups excluding carboxylic acids is 2. The van der Waals surface area contributed by atoms with E-state index in [1.165, 1.54) is 0 Å². The molecule has 0 saturated carbocycles. The van der Waals surface area contributed by atoms with E-state index in [0.29, 0.717) is 24.7 Å². The van der Waals surface area contributed by atoms with Crippen LogP contribution < -0.4 is 25.8 Å². The van der Waals surface area contributed by atoms with E-state index in [-0.39, 0.29) is 36.2 Å². The molecule has 2 atom stereocenters. The minimum atomic E-state index is -0.624. The molecule has 2 rings (SSSR count). The molecule has 1 aromatic rings. The van der Waals surface area contributed by atoms with Crippen LogP contribution in [0.4, 0.5) is 0 Å². The summed E-state index contributed by atoms with van der Waals surface area (Å²) in [5, 5.41) is 5.56. The van der Waals surface area contributed by atoms with Gasteiger partial charge in [0.15, 0.2) is 11.5 Å². The first-order valence-electron chi connectivity index (χ1n) is 9.01. The molecular weight excluding hydrogens is 334 g/mol. The molecule has 1 heterocycles. The van der Waals surface area contributed by atoms with E-state index >= 15 is 0 Å². The lowest BCUT2D eigenvalue weighted by Gasteiger charge is -2.25. The fourth-order valence-corrected chi connectivity index (χ4v) is 2.70. The van der Waals surface area contributed by atoms with Gasteiger partial charge in [-0.05, 0) is 29.5 Å². The van der Waals surface area contributed by atoms with Crippen LogP contribution >= 0.6 is 0 Å². The largest absolute Gasteiger partial charge is 0.486 e. The number of ether oxygens (including phenoxy) is 2. The average molecular weight is 363 g/mol. The van der Waals surface area contributed by atoms with Crippen molar-refractivity contribution in [3.05, 3.63) is 23.8 Å². The van der Waals surface area contributed by atoms with Gasteiger partial charge in [-0.2, -0.15) is 0 Å². The molecule has 0 saturated heterocycles. The summed E-state index contributed by atoms with van der Waals surface area (Å²) in [6.45, 7) is 8.71. The van der Waals surface area contributed by atoms with Crippen LogP contribution in [0.2, 0.25) is 0 Å². The molecule has 2 amide bonds. The second kappa shape index (κ2) is 8.89. The maximum atomic E-state index is 12.3. The molecule has 1 unspecified atom stereocenters. The number of benzene rings is 1. The van der Waals surface area contributed by atoms with Gasteiger partial charge in [-0.25, -0.2) is 0 Å². The van der Waals surface area contributed by atoms with Gasteiger partial charge in [0.05, 0.1) is 18.6 Å². The summed E-state index contributed by atoms with van der Waals surface area (Å²) >= 11 is 0. The Labute approximate surface area is 154 Å². The smallest absolute Gasteiger partial charge is 0.239 e. The van der Waals surface area contributed by atoms with Gasteiger partial charge in [-0.15, -0.1) is 0 Å². The molecule has 1 aliphatic heterocycles. The Hall–Kier alpha value is -2.28. The second-order valence-electron chi connectivity index (χ2n) is 7.18. The van der Waals surface area contributed by atoms with Gasteiger partial charge >= 0.3 is 0 Å². The van der Waals surface area contributed by atoms with E-state index in [0.717, 1.165) is 5.56 Å². The van der Waals surface area contributed by atoms with Crippen molar-refractivity contribution < 1.29 is 19.1 Å². The minimum Gasteiger partial charge on any atom is -0.486 e. The van der Waals surface area contributed by atoms with Gasteiger partial charge in [-0.1, -0.05) is 33.8 Å². The fraction of sp³-hybridized carbons (Fsp3) is 0.579. The van der Waals surface area contributed by atoms with Gasteiger partial charge in [0.1, 0.15) is 13.2 Å². The number of rotatable bonds is 7. The van der Waals surface area contributed by atoms with Crippen LogP contribution in [0.15, 0.2) is 18.2 Å². The Balaban J connectivity index is 1.99. The van der Waals surface area contributed by atoms with Crippen molar-refractivity contribution in [3.8, 4) is 11.5 Å². The zero-order valence-electron chi connectivity index (χ0n) is 15.9. The Bertz CT molecular complexity index is 646. The van der Waals surface area contributed by atoms with E-state index in [2.05, 4.69) is 10.6 Å². The molecule has 144 valence electrons. The highest BCUT2D eigenvalue weighted by Gasteiger charge is 2.22. The van der Waals surface area contributed by atoms with E-state index in [1.54, 1.807) is 0 Å². The average Bonchev–Trinajstić information content (AvgIpc) is 2.62. The van der Waals surface area contributed by atoms with Crippen LogP contribution in [0.1, 0.15) is 39.3 Å². The van der Waals surface area contributed by atoms with Crippen LogP contribution in [0.25, 0.3) is 0 Å². The molecule has 7 nitrogen and oxygen atoms in total. The Morgan fingerprint density at radius 3 is 2.35 bits per heavy atom. The number of fused-ring (bicyclic) bond motifs is 1. The summed E-state index contributed by atoms with van der Waals surface area (Å²) in [7, 11) is 0. The molecule has 0 aromatic heterocycles. The molecule has 0 aliphatic carbocycles. The number of amides is 2. The van der Waals surface area contributed by atoms with Gasteiger partial charge < -0.3 is 25.8 Å². The lowest BCUT2D eigenvalue weighted by Crippen LogP contribution is -2.47. The lowest BCUT2D eigenvalue weighted by molar-refractivity contribution is -0.127. The molecule has 0 radical (unpaired) electrons. The van der Waals surface area contributed by atoms with Crippen molar-refractivity contribution in [1.82, 2.24) is 10.6 Å². The quantitative estimate of drug-likeness (QED) is 0.679. The van der Waals surface area contributed by atoms with E-state index < -0.39 is 6.04 Å². The molecule has 1 aliphatic rings. The number of hydrogen-bond acceptors (Lipinski definition) is 5. The van der Waals surface area contributed by atoms with E-state index in [4.69, 9.17) is 15.2 Å². The van der Waals surface area contributed by atoms with Gasteiger partial charge in [-0.3, -0.25) is 9.59 Å². The Morgan fingerprint density at radius 2 is 1.73 bits per heavy atom. The second-order valence-corrected chi connectivity index (χ2v) is 7.18. The first-order chi connectivity index (χ1) is 12.3. The van der Waals surface area contributed by atoms with Crippen LogP contribution in [-0.4, -0.2) is 37.6 Å². The lowest BCUT2D eigenvalue weighted by atomic mass is 9.95. The molecule has 1 aromatic carbocycles. The Kier molecular flexibility index (Phi) is 6.85. The van der Waals surface area contributed by atoms with Crippen molar-refractivity contribution in [2.24, 2.45) is 17.6 Å². The molecule has 4 N–H and O–H groups in total. The predicted molar refractivity (Wildman–Crippen MR) is 99.0 cm³/mol. The van der Waals surface area contributed by atoms with Gasteiger partial charge in [0, 0.05) is 0 Å². The van der Waals surface area contributed by atoms with Crippen molar-refractivity contribution in [1.29, 1.82) is 0 Å². The zero-order chi connectivity index (χ0) is 19.3. The molecule has 7 heteroatoms. The third kappa shape index (κ3) is 5.11. The summed E-state index contributed by atoms with van der Waals surface area (Å²) in [6.07, 6.45) is 0. The first-order valence-corrected chi connectivity index (χ1v) is 9.01. The summed E-state index contributed by atoms with van der Waals surface area (Å²) in [6, 6.07) is 4.85. The maximum Gasteiger partial charge on any atom is 0.239 e. The van der Waals surface area contributed by atoms with Crippen LogP contribution in [-0.2, 0) is 9.59 Å². The number of nitrogens with one attached hydrogen (secondary N) is 2. The first kappa shape index (κ1) is 20.0. The van der Waals surface area contributed by atoms with E-state index in [9.17, 15) is 9.59 Å².